The zero-order valence-electron chi connectivity index (χ0n) is 5.90. The first-order valence-corrected chi connectivity index (χ1v) is 3.99. The Kier molecular flexibility index (Phi) is 13.7. The van der Waals surface area contributed by atoms with E-state index in [0.717, 1.165) is 0 Å². The molecule has 1 heterocycles. The van der Waals surface area contributed by atoms with E-state index in [9.17, 15) is 0 Å². The molecule has 0 bridgehead atoms. The van der Waals surface area contributed by atoms with E-state index < -0.39 is 16.2 Å². The van der Waals surface area contributed by atoms with Crippen LogP contribution in [0.15, 0.2) is 18.3 Å². The van der Waals surface area contributed by atoms with Crippen molar-refractivity contribution in [3.63, 3.8) is 0 Å². The molecule has 0 aliphatic carbocycles. The second-order valence-corrected chi connectivity index (χ2v) is 2.19. The Hall–Kier alpha value is -0.937. The maximum absolute atomic E-state index is 9.06. The molecule has 0 aliphatic rings. The van der Waals surface area contributed by atoms with Crippen LogP contribution in [-0.4, -0.2) is 13.9 Å². The zero-order valence-corrected chi connectivity index (χ0v) is 7.64. The van der Waals surface area contributed by atoms with Crippen molar-refractivity contribution in [2.24, 2.45) is 0 Å². The van der Waals surface area contributed by atoms with Gasteiger partial charge in [0.05, 0.1) is 0 Å². The summed E-state index contributed by atoms with van der Waals surface area (Å²) in [7, 11) is 0. The first-order chi connectivity index (χ1) is 4.91. The number of rotatable bonds is 0. The standard InChI is InChI=1S/C4H4N.2CO.CH3.Ru/c1-2-4-5-3-1;2*1-2;;/h1-3,5H;;;1H3;/q-1;;;-1;. The molecule has 0 saturated heterocycles. The van der Waals surface area contributed by atoms with Crippen LogP contribution >= 0.6 is 0 Å². The van der Waals surface area contributed by atoms with Gasteiger partial charge in [0.15, 0.2) is 0 Å². The first kappa shape index (κ1) is 12.7. The van der Waals surface area contributed by atoms with Gasteiger partial charge >= 0.3 is 34.8 Å². The molecule has 62 valence electrons. The summed E-state index contributed by atoms with van der Waals surface area (Å²) in [6.45, 7) is 0. The Morgan fingerprint density at radius 3 is 2.09 bits per heavy atom. The van der Waals surface area contributed by atoms with Gasteiger partial charge in [-0.25, -0.2) is 0 Å². The Bertz CT molecular complexity index is 223. The molecule has 1 N–H and O–H groups in total. The molecule has 0 aromatic carbocycles. The SMILES string of the molecule is O=[C]=[Ru]=[C]=O.[CH3-].[c-]1ccc[nH]1. The second-order valence-electron chi connectivity index (χ2n) is 1.05. The van der Waals surface area contributed by atoms with Crippen LogP contribution in [0.25, 0.3) is 0 Å². The van der Waals surface area contributed by atoms with E-state index in [4.69, 9.17) is 9.59 Å². The molecule has 1 aromatic rings. The van der Waals surface area contributed by atoms with Crippen LogP contribution in [0.3, 0.4) is 0 Å². The summed E-state index contributed by atoms with van der Waals surface area (Å²) in [5.74, 6) is 0. The minimum Gasteiger partial charge on any atom is -0.484 e. The number of carbonyl (C=O) groups excluding carboxylic acids is 2. The fourth-order valence-electron chi connectivity index (χ4n) is 0.255. The summed E-state index contributed by atoms with van der Waals surface area (Å²) < 4.78 is 2.87. The van der Waals surface area contributed by atoms with Gasteiger partial charge in [-0.3, -0.25) is 0 Å². The fourth-order valence-corrected chi connectivity index (χ4v) is 0.328. The van der Waals surface area contributed by atoms with Crippen molar-refractivity contribution >= 4 is 8.95 Å². The first-order valence-electron chi connectivity index (χ1n) is 2.26. The summed E-state index contributed by atoms with van der Waals surface area (Å²) in [6.07, 6.45) is 4.56. The Morgan fingerprint density at radius 2 is 2.00 bits per heavy atom. The quantitative estimate of drug-likeness (QED) is 0.527. The predicted molar refractivity (Wildman–Crippen MR) is 37.4 cm³/mol. The third kappa shape index (κ3) is 12.3. The van der Waals surface area contributed by atoms with Crippen LogP contribution in [-0.2, 0) is 25.8 Å². The van der Waals surface area contributed by atoms with Crippen LogP contribution in [0.4, 0.5) is 0 Å². The van der Waals surface area contributed by atoms with E-state index in [-0.39, 0.29) is 7.43 Å². The number of nitrogens with one attached hydrogen (secondary N) is 1. The van der Waals surface area contributed by atoms with E-state index >= 15 is 0 Å². The van der Waals surface area contributed by atoms with Gasteiger partial charge in [0, 0.05) is 0 Å². The molecule has 0 amide bonds. The summed E-state index contributed by atoms with van der Waals surface area (Å²) in [6, 6.07) is 3.71. The van der Waals surface area contributed by atoms with Gasteiger partial charge in [-0.15, -0.1) is 6.20 Å². The Labute approximate surface area is 72.1 Å². The molecule has 0 unspecified atom stereocenters. The second kappa shape index (κ2) is 11.8. The van der Waals surface area contributed by atoms with Crippen molar-refractivity contribution in [2.45, 2.75) is 0 Å². The summed E-state index contributed by atoms with van der Waals surface area (Å²) in [5, 5.41) is 0. The molecule has 11 heavy (non-hydrogen) atoms. The van der Waals surface area contributed by atoms with Gasteiger partial charge < -0.3 is 12.4 Å². The van der Waals surface area contributed by atoms with E-state index in [1.165, 1.54) is 8.95 Å². The Morgan fingerprint density at radius 1 is 1.36 bits per heavy atom. The van der Waals surface area contributed by atoms with Crippen molar-refractivity contribution in [3.05, 3.63) is 32.0 Å². The van der Waals surface area contributed by atoms with Gasteiger partial charge in [-0.2, -0.15) is 18.3 Å². The molecule has 0 atom stereocenters. The maximum Gasteiger partial charge on any atom is -0.108 e. The van der Waals surface area contributed by atoms with Gasteiger partial charge in [0.2, 0.25) is 0 Å². The monoisotopic (exact) mass is 239 g/mol. The molecule has 1 rings (SSSR count). The number of aromatic nitrogens is 1. The van der Waals surface area contributed by atoms with Crippen LogP contribution in [0.2, 0.25) is 0 Å². The van der Waals surface area contributed by atoms with Crippen molar-refractivity contribution in [1.29, 1.82) is 0 Å². The van der Waals surface area contributed by atoms with Crippen molar-refractivity contribution in [2.75, 3.05) is 0 Å². The number of H-pyrrole nitrogens is 1. The molecule has 1 aromatic heterocycles. The topological polar surface area (TPSA) is 49.9 Å². The van der Waals surface area contributed by atoms with Gasteiger partial charge in [0.1, 0.15) is 0 Å². The molecule has 4 heteroatoms. The zero-order chi connectivity index (χ0) is 7.66. The molecule has 0 spiro atoms. The molecule has 0 radical (unpaired) electrons. The number of hydrogen-bond acceptors (Lipinski definition) is 2. The fraction of sp³-hybridized carbons (Fsp3) is 0. The van der Waals surface area contributed by atoms with E-state index in [1.54, 1.807) is 0 Å². The molecule has 0 fully saturated rings. The third-order valence-electron chi connectivity index (χ3n) is 0.515. The predicted octanol–water partition coefficient (Wildman–Crippen LogP) is 0.468. The van der Waals surface area contributed by atoms with Crippen molar-refractivity contribution in [3.8, 4) is 0 Å². The summed E-state index contributed by atoms with van der Waals surface area (Å²) in [4.78, 5) is 20.9. The normalized spacial score (nSPS) is 5.82. The molecular formula is C7H7NO2Ru-2. The van der Waals surface area contributed by atoms with Crippen molar-refractivity contribution < 1.29 is 25.8 Å². The maximum atomic E-state index is 9.06. The summed E-state index contributed by atoms with van der Waals surface area (Å²) in [5.41, 5.74) is 0. The number of hydrogen-bond donors (Lipinski definition) is 1. The third-order valence-corrected chi connectivity index (χ3v) is 0.869. The average Bonchev–Trinajstić information content (AvgIpc) is 2.44. The largest absolute Gasteiger partial charge is 0.484 e. The van der Waals surface area contributed by atoms with Crippen LogP contribution in [0.1, 0.15) is 0 Å². The minimum absolute atomic E-state index is 0. The van der Waals surface area contributed by atoms with Crippen LogP contribution in [0.5, 0.6) is 0 Å². The van der Waals surface area contributed by atoms with Crippen LogP contribution in [0, 0.1) is 13.6 Å². The Balaban J connectivity index is 0. The van der Waals surface area contributed by atoms with Gasteiger partial charge in [0.25, 0.3) is 0 Å². The average molecular weight is 238 g/mol. The van der Waals surface area contributed by atoms with Crippen LogP contribution < -0.4 is 0 Å². The van der Waals surface area contributed by atoms with Gasteiger partial charge in [-0.1, -0.05) is 0 Å². The molecule has 0 aliphatic heterocycles. The minimum atomic E-state index is -0.842. The summed E-state index contributed by atoms with van der Waals surface area (Å²) >= 11 is -0.842. The van der Waals surface area contributed by atoms with Crippen molar-refractivity contribution in [1.82, 2.24) is 4.98 Å². The molecule has 0 saturated carbocycles. The van der Waals surface area contributed by atoms with E-state index in [0.29, 0.717) is 0 Å². The van der Waals surface area contributed by atoms with E-state index in [2.05, 4.69) is 11.2 Å². The molecular weight excluding hydrogens is 231 g/mol. The number of aromatic amines is 1. The smallest absolute Gasteiger partial charge is 0.108 e. The van der Waals surface area contributed by atoms with E-state index in [1.807, 2.05) is 18.3 Å². The molecule has 3 nitrogen and oxygen atoms in total. The van der Waals surface area contributed by atoms with Gasteiger partial charge in [-0.05, 0) is 0 Å².